The monoisotopic (exact) mass is 240 g/mol. The Hall–Kier alpha value is -1.37. The maximum absolute atomic E-state index is 12.7. The second-order valence-corrected chi connectivity index (χ2v) is 2.80. The summed E-state index contributed by atoms with van der Waals surface area (Å²) in [5, 5.41) is 10.3. The molecule has 0 aromatic carbocycles. The Morgan fingerprint density at radius 3 is 2.60 bits per heavy atom. The van der Waals surface area contributed by atoms with Crippen molar-refractivity contribution in [3.63, 3.8) is 0 Å². The smallest absolute Gasteiger partial charge is 0.358 e. The maximum atomic E-state index is 12.7. The molecule has 0 amide bonds. The van der Waals surface area contributed by atoms with Gasteiger partial charge in [0, 0.05) is 11.9 Å². The molecule has 1 aromatic heterocycles. The Morgan fingerprint density at radius 1 is 1.60 bits per heavy atom. The van der Waals surface area contributed by atoms with Crippen LogP contribution in [0.4, 0.5) is 19.0 Å². The molecule has 0 fully saturated rings. The van der Waals surface area contributed by atoms with Crippen molar-refractivity contribution in [2.75, 3.05) is 0 Å². The number of aromatic nitrogens is 1. The van der Waals surface area contributed by atoms with Crippen LogP contribution in [0.3, 0.4) is 0 Å². The average molecular weight is 241 g/mol. The van der Waals surface area contributed by atoms with E-state index in [0.29, 0.717) is 6.07 Å². The lowest BCUT2D eigenvalue weighted by Gasteiger charge is -2.05. The number of alkyl halides is 3. The Kier molecular flexibility index (Phi) is 3.46. The van der Waals surface area contributed by atoms with E-state index in [-0.39, 0.29) is 5.56 Å². The number of pyridine rings is 1. The largest absolute Gasteiger partial charge is 0.376 e. The van der Waals surface area contributed by atoms with Crippen LogP contribution in [0.15, 0.2) is 6.07 Å². The first-order chi connectivity index (χ1) is 6.97. The molecule has 82 valence electrons. The van der Waals surface area contributed by atoms with Gasteiger partial charge in [0.1, 0.15) is 5.56 Å². The van der Waals surface area contributed by atoms with Crippen LogP contribution in [-0.2, 0) is 5.88 Å². The Balaban J connectivity index is 3.47. The van der Waals surface area contributed by atoms with Gasteiger partial charge in [-0.05, 0) is 15.5 Å². The van der Waals surface area contributed by atoms with E-state index in [0.717, 1.165) is 0 Å². The van der Waals surface area contributed by atoms with Gasteiger partial charge < -0.3 is 10.1 Å². The quantitative estimate of drug-likeness (QED) is 0.353. The van der Waals surface area contributed by atoms with E-state index in [1.807, 2.05) is 0 Å². The molecule has 1 heterocycles. The van der Waals surface area contributed by atoms with Crippen LogP contribution < -0.4 is 0 Å². The minimum atomic E-state index is -3.12. The highest BCUT2D eigenvalue weighted by molar-refractivity contribution is 6.17. The minimum absolute atomic E-state index is 0.328. The highest BCUT2D eigenvalue weighted by Crippen LogP contribution is 2.31. The van der Waals surface area contributed by atoms with Gasteiger partial charge in [-0.2, -0.15) is 4.39 Å². The number of hydrogen-bond donors (Lipinski definition) is 0. The molecule has 0 atom stereocenters. The van der Waals surface area contributed by atoms with Crippen molar-refractivity contribution in [3.8, 4) is 0 Å². The molecule has 15 heavy (non-hydrogen) atoms. The third-order valence-electron chi connectivity index (χ3n) is 1.63. The van der Waals surface area contributed by atoms with Crippen LogP contribution in [0.2, 0.25) is 0 Å². The van der Waals surface area contributed by atoms with Crippen LogP contribution in [0.25, 0.3) is 0 Å². The van der Waals surface area contributed by atoms with E-state index in [1.54, 1.807) is 0 Å². The Morgan fingerprint density at radius 2 is 2.20 bits per heavy atom. The third kappa shape index (κ3) is 2.35. The molecule has 0 aliphatic carbocycles. The predicted octanol–water partition coefficient (Wildman–Crippen LogP) is 2.81. The normalized spacial score (nSPS) is 10.7. The molecule has 0 aliphatic rings. The Bertz CT molecular complexity index is 400. The molecule has 1 aromatic rings. The summed E-state index contributed by atoms with van der Waals surface area (Å²) in [6, 6.07) is 0.654. The standard InChI is InChI=1S/C7H4ClF3N2O2/c8-2-3-1-4(9)12-7(13(14)15)5(3)6(10)11/h1,6H,2H2. The van der Waals surface area contributed by atoms with Crippen molar-refractivity contribution in [2.45, 2.75) is 12.3 Å². The molecule has 0 saturated carbocycles. The molecule has 0 bridgehead atoms. The van der Waals surface area contributed by atoms with E-state index in [4.69, 9.17) is 11.6 Å². The second-order valence-electron chi connectivity index (χ2n) is 2.53. The highest BCUT2D eigenvalue weighted by atomic mass is 35.5. The lowest BCUT2D eigenvalue weighted by molar-refractivity contribution is -0.391. The fourth-order valence-electron chi connectivity index (χ4n) is 1.05. The highest BCUT2D eigenvalue weighted by Gasteiger charge is 2.28. The second kappa shape index (κ2) is 4.43. The van der Waals surface area contributed by atoms with Gasteiger partial charge in [0.05, 0.1) is 0 Å². The van der Waals surface area contributed by atoms with E-state index in [9.17, 15) is 23.3 Å². The molecule has 8 heteroatoms. The van der Waals surface area contributed by atoms with Crippen LogP contribution in [0.1, 0.15) is 17.6 Å². The molecule has 0 N–H and O–H groups in total. The summed E-state index contributed by atoms with van der Waals surface area (Å²) in [7, 11) is 0. The number of nitro groups is 1. The summed E-state index contributed by atoms with van der Waals surface area (Å²) in [6.07, 6.45) is -3.12. The molecule has 1 rings (SSSR count). The van der Waals surface area contributed by atoms with Crippen molar-refractivity contribution < 1.29 is 18.1 Å². The summed E-state index contributed by atoms with van der Waals surface area (Å²) in [5.41, 5.74) is -1.26. The molecule has 4 nitrogen and oxygen atoms in total. The molecular weight excluding hydrogens is 237 g/mol. The summed E-state index contributed by atoms with van der Waals surface area (Å²) in [4.78, 5) is 12.0. The van der Waals surface area contributed by atoms with Crippen molar-refractivity contribution in [3.05, 3.63) is 33.3 Å². The van der Waals surface area contributed by atoms with E-state index >= 15 is 0 Å². The van der Waals surface area contributed by atoms with Gasteiger partial charge in [-0.1, -0.05) is 0 Å². The summed E-state index contributed by atoms with van der Waals surface area (Å²) < 4.78 is 37.6. The van der Waals surface area contributed by atoms with Gasteiger partial charge >= 0.3 is 11.8 Å². The summed E-state index contributed by atoms with van der Waals surface area (Å²) in [5.74, 6) is -2.85. The van der Waals surface area contributed by atoms with Crippen LogP contribution in [0.5, 0.6) is 0 Å². The lowest BCUT2D eigenvalue weighted by atomic mass is 10.1. The zero-order chi connectivity index (χ0) is 11.6. The van der Waals surface area contributed by atoms with Crippen LogP contribution in [-0.4, -0.2) is 9.91 Å². The number of hydrogen-bond acceptors (Lipinski definition) is 3. The van der Waals surface area contributed by atoms with E-state index < -0.39 is 34.6 Å². The zero-order valence-corrected chi connectivity index (χ0v) is 7.84. The molecule has 0 spiro atoms. The van der Waals surface area contributed by atoms with Gasteiger partial charge in [0.25, 0.3) is 6.43 Å². The summed E-state index contributed by atoms with van der Waals surface area (Å²) in [6.45, 7) is 0. The summed E-state index contributed by atoms with van der Waals surface area (Å²) >= 11 is 5.27. The average Bonchev–Trinajstić information content (AvgIpc) is 2.15. The first-order valence-electron chi connectivity index (χ1n) is 3.65. The van der Waals surface area contributed by atoms with Gasteiger partial charge in [-0.15, -0.1) is 11.6 Å². The molecule has 0 saturated heterocycles. The maximum Gasteiger partial charge on any atom is 0.376 e. The van der Waals surface area contributed by atoms with Crippen molar-refractivity contribution >= 4 is 17.4 Å². The topological polar surface area (TPSA) is 56.0 Å². The fourth-order valence-corrected chi connectivity index (χ4v) is 1.27. The first kappa shape index (κ1) is 11.7. The van der Waals surface area contributed by atoms with Gasteiger partial charge in [0.2, 0.25) is 0 Å². The van der Waals surface area contributed by atoms with Gasteiger partial charge in [0.15, 0.2) is 0 Å². The molecule has 0 unspecified atom stereocenters. The van der Waals surface area contributed by atoms with Gasteiger partial charge in [-0.3, -0.25) is 0 Å². The predicted molar refractivity (Wildman–Crippen MR) is 45.4 cm³/mol. The zero-order valence-electron chi connectivity index (χ0n) is 7.08. The fraction of sp³-hybridized carbons (Fsp3) is 0.286. The van der Waals surface area contributed by atoms with E-state index in [1.165, 1.54) is 0 Å². The van der Waals surface area contributed by atoms with Gasteiger partial charge in [-0.25, -0.2) is 8.78 Å². The lowest BCUT2D eigenvalue weighted by Crippen LogP contribution is -2.04. The SMILES string of the molecule is O=[N+]([O-])c1nc(F)cc(CCl)c1C(F)F. The number of halogens is 4. The van der Waals surface area contributed by atoms with Crippen LogP contribution in [0, 0.1) is 16.1 Å². The Labute approximate surface area is 86.8 Å². The molecule has 0 radical (unpaired) electrons. The number of nitrogens with zero attached hydrogens (tertiary/aromatic N) is 2. The van der Waals surface area contributed by atoms with Crippen molar-refractivity contribution in [1.82, 2.24) is 4.98 Å². The molecular formula is C7H4ClF3N2O2. The van der Waals surface area contributed by atoms with Crippen molar-refractivity contribution in [1.29, 1.82) is 0 Å². The van der Waals surface area contributed by atoms with E-state index in [2.05, 4.69) is 4.98 Å². The van der Waals surface area contributed by atoms with Crippen molar-refractivity contribution in [2.24, 2.45) is 0 Å². The number of rotatable bonds is 3. The molecule has 0 aliphatic heterocycles. The minimum Gasteiger partial charge on any atom is -0.358 e. The first-order valence-corrected chi connectivity index (χ1v) is 4.18. The third-order valence-corrected chi connectivity index (χ3v) is 1.92. The van der Waals surface area contributed by atoms with Crippen LogP contribution >= 0.6 is 11.6 Å².